The Labute approximate surface area is 184 Å². The van der Waals surface area contributed by atoms with Crippen LogP contribution in [0.25, 0.3) is 0 Å². The van der Waals surface area contributed by atoms with Crippen molar-refractivity contribution in [3.05, 3.63) is 41.2 Å². The van der Waals surface area contributed by atoms with Gasteiger partial charge in [0.1, 0.15) is 11.4 Å². The second-order valence-corrected chi connectivity index (χ2v) is 9.40. The molecular weight excluding hydrogens is 418 g/mol. The van der Waals surface area contributed by atoms with Gasteiger partial charge in [0, 0.05) is 25.5 Å². The summed E-state index contributed by atoms with van der Waals surface area (Å²) in [6.45, 7) is 6.09. The molecule has 2 aromatic rings. The number of aromatic nitrogens is 2. The molecule has 9 heteroatoms. The lowest BCUT2D eigenvalue weighted by molar-refractivity contribution is -0.117. The van der Waals surface area contributed by atoms with Crippen molar-refractivity contribution in [1.29, 1.82) is 0 Å². The summed E-state index contributed by atoms with van der Waals surface area (Å²) in [5.41, 5.74) is 1.68. The number of sulfonamides is 1. The monoisotopic (exact) mass is 449 g/mol. The number of rotatable bonds is 11. The van der Waals surface area contributed by atoms with E-state index in [2.05, 4.69) is 12.0 Å². The number of amides is 1. The van der Waals surface area contributed by atoms with E-state index in [4.69, 9.17) is 4.74 Å². The maximum atomic E-state index is 12.8. The summed E-state index contributed by atoms with van der Waals surface area (Å²) in [5, 5.41) is 4.19. The van der Waals surface area contributed by atoms with E-state index in [-0.39, 0.29) is 24.3 Å². The van der Waals surface area contributed by atoms with E-state index in [1.165, 1.54) is 4.68 Å². The molecule has 0 bridgehead atoms. The van der Waals surface area contributed by atoms with Gasteiger partial charge in [0.25, 0.3) is 0 Å². The molecule has 0 aliphatic heterocycles. The molecule has 0 N–H and O–H groups in total. The average molecular weight is 450 g/mol. The second kappa shape index (κ2) is 10.6. The molecule has 0 aliphatic rings. The molecule has 0 spiro atoms. The minimum absolute atomic E-state index is 0.0973. The third kappa shape index (κ3) is 6.40. The highest BCUT2D eigenvalue weighted by atomic mass is 32.2. The van der Waals surface area contributed by atoms with Crippen molar-refractivity contribution < 1.29 is 22.7 Å². The van der Waals surface area contributed by atoms with E-state index >= 15 is 0 Å². The zero-order chi connectivity index (χ0) is 23.2. The van der Waals surface area contributed by atoms with Crippen molar-refractivity contribution in [3.63, 3.8) is 0 Å². The van der Waals surface area contributed by atoms with Gasteiger partial charge in [-0.2, -0.15) is 5.10 Å². The molecule has 170 valence electrons. The minimum Gasteiger partial charge on any atom is -0.494 e. The Morgan fingerprint density at radius 2 is 1.74 bits per heavy atom. The van der Waals surface area contributed by atoms with Crippen molar-refractivity contribution >= 4 is 27.4 Å². The fourth-order valence-electron chi connectivity index (χ4n) is 3.28. The van der Waals surface area contributed by atoms with Gasteiger partial charge < -0.3 is 4.74 Å². The predicted octanol–water partition coefficient (Wildman–Crippen LogP) is 3.56. The molecule has 0 fully saturated rings. The number of carbonyl (C=O) groups excluding carboxylic acids is 2. The Morgan fingerprint density at radius 3 is 2.26 bits per heavy atom. The molecule has 0 aliphatic carbocycles. The lowest BCUT2D eigenvalue weighted by Gasteiger charge is -2.20. The highest BCUT2D eigenvalue weighted by Gasteiger charge is 2.30. The second-order valence-electron chi connectivity index (χ2n) is 7.57. The maximum absolute atomic E-state index is 12.8. The normalized spacial score (nSPS) is 11.4. The first-order chi connectivity index (χ1) is 14.6. The van der Waals surface area contributed by atoms with Crippen LogP contribution in [-0.4, -0.2) is 42.8 Å². The number of aryl methyl sites for hydroxylation is 2. The smallest absolute Gasteiger partial charge is 0.241 e. The first kappa shape index (κ1) is 24.6. The van der Waals surface area contributed by atoms with Gasteiger partial charge in [0.05, 0.1) is 24.3 Å². The number of anilines is 1. The number of hydrogen-bond acceptors (Lipinski definition) is 6. The van der Waals surface area contributed by atoms with Crippen LogP contribution in [0.15, 0.2) is 24.3 Å². The molecule has 1 heterocycles. The molecule has 1 aromatic carbocycles. The summed E-state index contributed by atoms with van der Waals surface area (Å²) in [6.07, 6.45) is 3.85. The Bertz CT molecular complexity index is 1030. The van der Waals surface area contributed by atoms with E-state index in [1.54, 1.807) is 45.2 Å². The van der Waals surface area contributed by atoms with Gasteiger partial charge in [-0.25, -0.2) is 12.7 Å². The molecule has 0 radical (unpaired) electrons. The first-order valence-electron chi connectivity index (χ1n) is 10.4. The van der Waals surface area contributed by atoms with Crippen LogP contribution >= 0.6 is 0 Å². The summed E-state index contributed by atoms with van der Waals surface area (Å²) < 4.78 is 32.6. The van der Waals surface area contributed by atoms with Crippen LogP contribution in [0.5, 0.6) is 5.75 Å². The molecular formula is C22H31N3O5S. The van der Waals surface area contributed by atoms with Crippen LogP contribution in [0.4, 0.5) is 5.69 Å². The molecule has 31 heavy (non-hydrogen) atoms. The number of Topliss-reactive ketones (excluding diaryl/α,β-unsaturated/α-hetero) is 1. The number of carbonyl (C=O) groups is 2. The average Bonchev–Trinajstić information content (AvgIpc) is 2.95. The number of unbranched alkanes of at least 4 members (excludes halogenated alkanes) is 2. The summed E-state index contributed by atoms with van der Waals surface area (Å²) >= 11 is 0. The molecule has 1 amide bonds. The van der Waals surface area contributed by atoms with Gasteiger partial charge in [-0.3, -0.25) is 14.3 Å². The summed E-state index contributed by atoms with van der Waals surface area (Å²) in [7, 11) is -2.20. The summed E-state index contributed by atoms with van der Waals surface area (Å²) in [4.78, 5) is 25.3. The molecule has 0 atom stereocenters. The number of nitrogens with zero attached hydrogens (tertiary/aromatic N) is 3. The number of hydrogen-bond donors (Lipinski definition) is 0. The predicted molar refractivity (Wildman–Crippen MR) is 120 cm³/mol. The van der Waals surface area contributed by atoms with Gasteiger partial charge in [-0.15, -0.1) is 0 Å². The van der Waals surface area contributed by atoms with Crippen molar-refractivity contribution in [2.75, 3.05) is 17.2 Å². The molecule has 8 nitrogen and oxygen atoms in total. The molecule has 0 saturated carbocycles. The fraction of sp³-hybridized carbons (Fsp3) is 0.500. The molecule has 0 saturated heterocycles. The standard InChI is InChI=1S/C22H31N3O5S/c1-6-7-8-15-30-19-11-9-18(10-12-19)20(26)13-14-21(27)25(31(5,28)29)22-16(2)23-24(4)17(22)3/h9-12H,6-8,13-15H2,1-5H3. The topological polar surface area (TPSA) is 98.6 Å². The lowest BCUT2D eigenvalue weighted by Crippen LogP contribution is -2.37. The van der Waals surface area contributed by atoms with Crippen LogP contribution in [0.1, 0.15) is 60.8 Å². The zero-order valence-corrected chi connectivity index (χ0v) is 19.7. The van der Waals surface area contributed by atoms with Gasteiger partial charge in [0.2, 0.25) is 15.9 Å². The Kier molecular flexibility index (Phi) is 8.38. The van der Waals surface area contributed by atoms with Crippen LogP contribution in [-0.2, 0) is 21.9 Å². The van der Waals surface area contributed by atoms with Gasteiger partial charge >= 0.3 is 0 Å². The highest BCUT2D eigenvalue weighted by Crippen LogP contribution is 2.27. The Morgan fingerprint density at radius 1 is 1.10 bits per heavy atom. The van der Waals surface area contributed by atoms with Crippen molar-refractivity contribution in [2.45, 2.75) is 52.9 Å². The third-order valence-corrected chi connectivity index (χ3v) is 6.04. The van der Waals surface area contributed by atoms with E-state index < -0.39 is 15.9 Å². The van der Waals surface area contributed by atoms with Crippen LogP contribution in [0, 0.1) is 13.8 Å². The van der Waals surface area contributed by atoms with Crippen molar-refractivity contribution in [1.82, 2.24) is 9.78 Å². The first-order valence-corrected chi connectivity index (χ1v) is 12.2. The SMILES string of the molecule is CCCCCOc1ccc(C(=O)CCC(=O)N(c2c(C)nn(C)c2C)S(C)(=O)=O)cc1. The third-order valence-electron chi connectivity index (χ3n) is 4.99. The summed E-state index contributed by atoms with van der Waals surface area (Å²) in [5.74, 6) is -0.209. The van der Waals surface area contributed by atoms with Crippen molar-refractivity contribution in [3.8, 4) is 5.75 Å². The van der Waals surface area contributed by atoms with E-state index in [1.807, 2.05) is 0 Å². The number of ether oxygens (including phenoxy) is 1. The van der Waals surface area contributed by atoms with Crippen molar-refractivity contribution in [2.24, 2.45) is 7.05 Å². The maximum Gasteiger partial charge on any atom is 0.241 e. The largest absolute Gasteiger partial charge is 0.494 e. The minimum atomic E-state index is -3.88. The summed E-state index contributed by atoms with van der Waals surface area (Å²) in [6, 6.07) is 6.77. The Balaban J connectivity index is 2.05. The van der Waals surface area contributed by atoms with E-state index in [9.17, 15) is 18.0 Å². The quantitative estimate of drug-likeness (QED) is 0.384. The zero-order valence-electron chi connectivity index (χ0n) is 18.8. The highest BCUT2D eigenvalue weighted by molar-refractivity contribution is 7.92. The van der Waals surface area contributed by atoms with Crippen LogP contribution < -0.4 is 9.04 Å². The van der Waals surface area contributed by atoms with Gasteiger partial charge in [-0.1, -0.05) is 19.8 Å². The van der Waals surface area contributed by atoms with Gasteiger partial charge in [-0.05, 0) is 44.5 Å². The van der Waals surface area contributed by atoms with E-state index in [0.717, 1.165) is 29.8 Å². The molecule has 1 aromatic heterocycles. The van der Waals surface area contributed by atoms with Crippen LogP contribution in [0.3, 0.4) is 0 Å². The van der Waals surface area contributed by atoms with Crippen LogP contribution in [0.2, 0.25) is 0 Å². The lowest BCUT2D eigenvalue weighted by atomic mass is 10.1. The molecule has 0 unspecified atom stereocenters. The Hall–Kier alpha value is -2.68. The van der Waals surface area contributed by atoms with Gasteiger partial charge in [0.15, 0.2) is 5.78 Å². The number of ketones is 1. The fourth-order valence-corrected chi connectivity index (χ4v) is 4.33. The molecule has 2 rings (SSSR count). The number of benzene rings is 1. The van der Waals surface area contributed by atoms with E-state index in [0.29, 0.717) is 29.3 Å².